The van der Waals surface area contributed by atoms with Crippen molar-refractivity contribution < 1.29 is 9.84 Å². The van der Waals surface area contributed by atoms with Crippen molar-refractivity contribution in [2.75, 3.05) is 13.2 Å². The van der Waals surface area contributed by atoms with Crippen LogP contribution in [0.1, 0.15) is 47.5 Å². The molecule has 0 spiro atoms. The third-order valence-corrected chi connectivity index (χ3v) is 2.37. The van der Waals surface area contributed by atoms with Gasteiger partial charge in [-0.15, -0.1) is 0 Å². The van der Waals surface area contributed by atoms with Gasteiger partial charge in [0, 0.05) is 12.1 Å². The Bertz CT molecular complexity index is 173. The second-order valence-corrected chi connectivity index (χ2v) is 6.01. The summed E-state index contributed by atoms with van der Waals surface area (Å²) in [6.07, 6.45) is 1.83. The van der Waals surface area contributed by atoms with Crippen molar-refractivity contribution >= 4 is 0 Å². The lowest BCUT2D eigenvalue weighted by Gasteiger charge is -2.26. The van der Waals surface area contributed by atoms with Crippen LogP contribution in [-0.2, 0) is 4.74 Å². The van der Waals surface area contributed by atoms with Gasteiger partial charge in [-0.05, 0) is 32.1 Å². The molecule has 3 N–H and O–H groups in total. The number of nitrogens with two attached hydrogens (primary N) is 1. The molecular weight excluding hydrogens is 190 g/mol. The van der Waals surface area contributed by atoms with Crippen molar-refractivity contribution in [2.24, 2.45) is 11.1 Å². The Morgan fingerprint density at radius 2 is 1.80 bits per heavy atom. The predicted molar refractivity (Wildman–Crippen MR) is 63.8 cm³/mol. The van der Waals surface area contributed by atoms with Crippen molar-refractivity contribution in [2.45, 2.75) is 59.1 Å². The van der Waals surface area contributed by atoms with Crippen LogP contribution in [-0.4, -0.2) is 30.0 Å². The number of rotatable bonds is 6. The molecule has 0 aliphatic carbocycles. The van der Waals surface area contributed by atoms with E-state index in [1.165, 1.54) is 0 Å². The van der Waals surface area contributed by atoms with Gasteiger partial charge in [-0.2, -0.15) is 0 Å². The van der Waals surface area contributed by atoms with Crippen LogP contribution in [0.4, 0.5) is 0 Å². The molecule has 0 aromatic rings. The van der Waals surface area contributed by atoms with Crippen LogP contribution in [0.15, 0.2) is 0 Å². The van der Waals surface area contributed by atoms with Crippen LogP contribution in [0.3, 0.4) is 0 Å². The molecule has 0 radical (unpaired) electrons. The van der Waals surface area contributed by atoms with E-state index in [0.29, 0.717) is 11.8 Å². The minimum Gasteiger partial charge on any atom is -0.394 e. The fraction of sp³-hybridized carbons (Fsp3) is 1.00. The highest BCUT2D eigenvalue weighted by atomic mass is 16.5. The summed E-state index contributed by atoms with van der Waals surface area (Å²) in [5.41, 5.74) is 5.63. The monoisotopic (exact) mass is 217 g/mol. The van der Waals surface area contributed by atoms with Gasteiger partial charge in [0.25, 0.3) is 0 Å². The van der Waals surface area contributed by atoms with Gasteiger partial charge < -0.3 is 15.6 Å². The number of hydrogen-bond donors (Lipinski definition) is 2. The number of ether oxygens (including phenoxy) is 1. The van der Waals surface area contributed by atoms with E-state index in [2.05, 4.69) is 20.8 Å². The Kier molecular flexibility index (Phi) is 5.78. The van der Waals surface area contributed by atoms with E-state index < -0.39 is 5.54 Å². The molecule has 0 amide bonds. The third-order valence-electron chi connectivity index (χ3n) is 2.37. The van der Waals surface area contributed by atoms with E-state index in [-0.39, 0.29) is 12.7 Å². The first-order chi connectivity index (χ1) is 6.66. The Hall–Kier alpha value is -0.120. The average Bonchev–Trinajstić information content (AvgIpc) is 2.00. The summed E-state index contributed by atoms with van der Waals surface area (Å²) in [4.78, 5) is 0. The van der Waals surface area contributed by atoms with E-state index in [9.17, 15) is 0 Å². The van der Waals surface area contributed by atoms with Crippen LogP contribution < -0.4 is 5.73 Å². The fourth-order valence-electron chi connectivity index (χ4n) is 1.35. The van der Waals surface area contributed by atoms with Crippen molar-refractivity contribution in [1.82, 2.24) is 0 Å². The molecule has 3 nitrogen and oxygen atoms in total. The van der Waals surface area contributed by atoms with E-state index >= 15 is 0 Å². The molecule has 0 aromatic carbocycles. The van der Waals surface area contributed by atoms with Gasteiger partial charge in [-0.25, -0.2) is 0 Å². The summed E-state index contributed by atoms with van der Waals surface area (Å²) in [7, 11) is 0. The summed E-state index contributed by atoms with van der Waals surface area (Å²) in [5, 5.41) is 9.02. The molecule has 15 heavy (non-hydrogen) atoms. The molecule has 0 saturated heterocycles. The maximum absolute atomic E-state index is 9.02. The van der Waals surface area contributed by atoms with Crippen LogP contribution in [0.5, 0.6) is 0 Å². The Labute approximate surface area is 94.0 Å². The zero-order valence-corrected chi connectivity index (χ0v) is 10.8. The van der Waals surface area contributed by atoms with Crippen LogP contribution in [0, 0.1) is 5.41 Å². The zero-order valence-electron chi connectivity index (χ0n) is 10.8. The summed E-state index contributed by atoms with van der Waals surface area (Å²) < 4.78 is 5.66. The highest BCUT2D eigenvalue weighted by Gasteiger charge is 2.21. The van der Waals surface area contributed by atoms with Crippen molar-refractivity contribution in [3.63, 3.8) is 0 Å². The summed E-state index contributed by atoms with van der Waals surface area (Å²) in [6, 6.07) is 0. The van der Waals surface area contributed by atoms with Gasteiger partial charge in [-0.1, -0.05) is 20.8 Å². The number of aliphatic hydroxyl groups excluding tert-OH is 1. The number of hydrogen-bond acceptors (Lipinski definition) is 3. The lowest BCUT2D eigenvalue weighted by atomic mass is 9.93. The zero-order chi connectivity index (χ0) is 12.1. The van der Waals surface area contributed by atoms with Gasteiger partial charge >= 0.3 is 0 Å². The highest BCUT2D eigenvalue weighted by molar-refractivity contribution is 4.79. The van der Waals surface area contributed by atoms with E-state index in [0.717, 1.165) is 13.0 Å². The third kappa shape index (κ3) is 8.85. The van der Waals surface area contributed by atoms with Gasteiger partial charge in [-0.3, -0.25) is 0 Å². The highest BCUT2D eigenvalue weighted by Crippen LogP contribution is 2.19. The first-order valence-electron chi connectivity index (χ1n) is 5.68. The molecular formula is C12H27NO2. The Morgan fingerprint density at radius 1 is 1.27 bits per heavy atom. The molecule has 0 fully saturated rings. The number of aliphatic hydroxyl groups is 1. The quantitative estimate of drug-likeness (QED) is 0.715. The summed E-state index contributed by atoms with van der Waals surface area (Å²) in [5.74, 6) is 0. The molecule has 0 aromatic heterocycles. The molecule has 0 saturated carbocycles. The predicted octanol–water partition coefficient (Wildman–Crippen LogP) is 1.93. The van der Waals surface area contributed by atoms with Crippen LogP contribution >= 0.6 is 0 Å². The van der Waals surface area contributed by atoms with Crippen molar-refractivity contribution in [3.8, 4) is 0 Å². The molecule has 3 heteroatoms. The normalized spacial score (nSPS) is 18.6. The van der Waals surface area contributed by atoms with Crippen LogP contribution in [0.2, 0.25) is 0 Å². The van der Waals surface area contributed by atoms with Gasteiger partial charge in [0.05, 0.1) is 12.7 Å². The first-order valence-corrected chi connectivity index (χ1v) is 5.68. The Balaban J connectivity index is 3.71. The van der Waals surface area contributed by atoms with Crippen molar-refractivity contribution in [1.29, 1.82) is 0 Å². The summed E-state index contributed by atoms with van der Waals surface area (Å²) >= 11 is 0. The van der Waals surface area contributed by atoms with Gasteiger partial charge in [0.2, 0.25) is 0 Å². The Morgan fingerprint density at radius 3 is 2.20 bits per heavy atom. The smallest absolute Gasteiger partial charge is 0.0609 e. The molecule has 2 unspecified atom stereocenters. The second kappa shape index (κ2) is 5.83. The second-order valence-electron chi connectivity index (χ2n) is 6.01. The topological polar surface area (TPSA) is 55.5 Å². The fourth-order valence-corrected chi connectivity index (χ4v) is 1.35. The maximum Gasteiger partial charge on any atom is 0.0609 e. The first kappa shape index (κ1) is 14.9. The van der Waals surface area contributed by atoms with Gasteiger partial charge in [0.15, 0.2) is 0 Å². The molecule has 0 aliphatic heterocycles. The van der Waals surface area contributed by atoms with E-state index in [1.54, 1.807) is 0 Å². The van der Waals surface area contributed by atoms with Crippen LogP contribution in [0.25, 0.3) is 0 Å². The van der Waals surface area contributed by atoms with E-state index in [1.807, 2.05) is 13.8 Å². The largest absolute Gasteiger partial charge is 0.394 e. The minimum atomic E-state index is -0.527. The van der Waals surface area contributed by atoms with E-state index in [4.69, 9.17) is 15.6 Å². The van der Waals surface area contributed by atoms with Gasteiger partial charge in [0.1, 0.15) is 0 Å². The summed E-state index contributed by atoms with van der Waals surface area (Å²) in [6.45, 7) is 11.2. The average molecular weight is 217 g/mol. The maximum atomic E-state index is 9.02. The standard InChI is InChI=1S/C12H27NO2/c1-10(8-12(5,13)9-14)15-7-6-11(2,3)4/h10,14H,6-9,13H2,1-5H3. The molecule has 0 bridgehead atoms. The minimum absolute atomic E-state index is 0.0000289. The molecule has 0 rings (SSSR count). The lowest BCUT2D eigenvalue weighted by molar-refractivity contribution is 0.0242. The van der Waals surface area contributed by atoms with Crippen molar-refractivity contribution in [3.05, 3.63) is 0 Å². The molecule has 0 aliphatic rings. The SMILES string of the molecule is CC(CC(C)(N)CO)OCCC(C)(C)C. The lowest BCUT2D eigenvalue weighted by Crippen LogP contribution is -2.43. The molecule has 92 valence electrons. The molecule has 2 atom stereocenters. The molecule has 0 heterocycles.